The first-order valence-electron chi connectivity index (χ1n) is 4.75. The average molecular weight is 192 g/mol. The van der Waals surface area contributed by atoms with Crippen molar-refractivity contribution in [1.29, 1.82) is 0 Å². The minimum Gasteiger partial charge on any atom is -0.298 e. The van der Waals surface area contributed by atoms with Crippen molar-refractivity contribution in [1.82, 2.24) is 9.80 Å². The Morgan fingerprint density at radius 1 is 1.23 bits per heavy atom. The van der Waals surface area contributed by atoms with Gasteiger partial charge < -0.3 is 0 Å². The van der Waals surface area contributed by atoms with Gasteiger partial charge in [0.1, 0.15) is 0 Å². The van der Waals surface area contributed by atoms with Crippen LogP contribution in [0.3, 0.4) is 0 Å². The molecular formula is C9H18F2N2. The monoisotopic (exact) mass is 192 g/mol. The highest BCUT2D eigenvalue weighted by Crippen LogP contribution is 2.16. The summed E-state index contributed by atoms with van der Waals surface area (Å²) in [6.45, 7) is 6.23. The van der Waals surface area contributed by atoms with E-state index < -0.39 is 12.5 Å². The Bertz CT molecular complexity index is 162. The van der Waals surface area contributed by atoms with E-state index in [4.69, 9.17) is 0 Å². The Labute approximate surface area is 78.5 Å². The van der Waals surface area contributed by atoms with Crippen LogP contribution in [0.25, 0.3) is 0 Å². The number of likely N-dealkylation sites (N-methyl/N-ethyl adjacent to an activating group) is 1. The summed E-state index contributed by atoms with van der Waals surface area (Å²) in [5.41, 5.74) is 0. The topological polar surface area (TPSA) is 6.48 Å². The van der Waals surface area contributed by atoms with Crippen molar-refractivity contribution in [3.63, 3.8) is 0 Å². The highest BCUT2D eigenvalue weighted by Gasteiger charge is 2.31. The lowest BCUT2D eigenvalue weighted by Crippen LogP contribution is -2.55. The molecule has 0 aromatic carbocycles. The van der Waals surface area contributed by atoms with E-state index in [1.807, 2.05) is 13.8 Å². The molecule has 4 heteroatoms. The van der Waals surface area contributed by atoms with Crippen molar-refractivity contribution in [2.45, 2.75) is 32.4 Å². The van der Waals surface area contributed by atoms with Crippen LogP contribution in [0.4, 0.5) is 8.78 Å². The molecule has 1 fully saturated rings. The Morgan fingerprint density at radius 3 is 2.31 bits per heavy atom. The Hall–Kier alpha value is -0.220. The molecule has 1 saturated heterocycles. The fraction of sp³-hybridized carbons (Fsp3) is 1.00. The zero-order chi connectivity index (χ0) is 10.0. The second kappa shape index (κ2) is 4.33. The fourth-order valence-electron chi connectivity index (χ4n) is 1.66. The van der Waals surface area contributed by atoms with Crippen molar-refractivity contribution in [2.24, 2.45) is 0 Å². The first-order chi connectivity index (χ1) is 6.02. The van der Waals surface area contributed by atoms with Gasteiger partial charge in [-0.15, -0.1) is 0 Å². The average Bonchev–Trinajstić information content (AvgIpc) is 2.04. The lowest BCUT2D eigenvalue weighted by atomic mass is 10.1. The van der Waals surface area contributed by atoms with Gasteiger partial charge in [-0.05, 0) is 20.9 Å². The molecule has 1 atom stereocenters. The minimum absolute atomic E-state index is 0.370. The molecule has 1 aliphatic heterocycles. The maximum Gasteiger partial charge on any atom is 0.255 e. The van der Waals surface area contributed by atoms with Crippen molar-refractivity contribution >= 4 is 0 Å². The van der Waals surface area contributed by atoms with Crippen LogP contribution in [0.15, 0.2) is 0 Å². The molecular weight excluding hydrogens is 174 g/mol. The molecule has 1 aliphatic rings. The van der Waals surface area contributed by atoms with E-state index in [0.29, 0.717) is 12.6 Å². The molecule has 0 aromatic rings. The van der Waals surface area contributed by atoms with Crippen LogP contribution in [0.1, 0.15) is 13.8 Å². The quantitative estimate of drug-likeness (QED) is 0.650. The van der Waals surface area contributed by atoms with E-state index in [9.17, 15) is 8.78 Å². The normalized spacial score (nSPS) is 27.5. The van der Waals surface area contributed by atoms with E-state index in [-0.39, 0.29) is 0 Å². The highest BCUT2D eigenvalue weighted by atomic mass is 19.3. The summed E-state index contributed by atoms with van der Waals surface area (Å²) in [7, 11) is 1.77. The standard InChI is InChI=1S/C9H18F2N2/c1-7(2)13-5-4-12(3)8(6-13)9(10)11/h7-9H,4-6H2,1-3H3. The Kier molecular flexibility index (Phi) is 3.62. The summed E-state index contributed by atoms with van der Waals surface area (Å²) in [6, 6.07) is -0.217. The van der Waals surface area contributed by atoms with Crippen LogP contribution in [0, 0.1) is 0 Å². The van der Waals surface area contributed by atoms with Crippen molar-refractivity contribution in [3.05, 3.63) is 0 Å². The van der Waals surface area contributed by atoms with Gasteiger partial charge in [-0.2, -0.15) is 0 Å². The summed E-state index contributed by atoms with van der Waals surface area (Å²) in [4.78, 5) is 3.86. The molecule has 0 radical (unpaired) electrons. The molecule has 1 rings (SSSR count). The number of halogens is 2. The molecule has 13 heavy (non-hydrogen) atoms. The van der Waals surface area contributed by atoms with Gasteiger partial charge in [0, 0.05) is 25.7 Å². The smallest absolute Gasteiger partial charge is 0.255 e. The summed E-state index contributed by atoms with van der Waals surface area (Å²) < 4.78 is 25.1. The molecule has 78 valence electrons. The lowest BCUT2D eigenvalue weighted by molar-refractivity contribution is -0.0193. The third kappa shape index (κ3) is 2.61. The van der Waals surface area contributed by atoms with Crippen molar-refractivity contribution < 1.29 is 8.78 Å². The van der Waals surface area contributed by atoms with E-state index in [1.54, 1.807) is 11.9 Å². The summed E-state index contributed by atoms with van der Waals surface area (Å²) in [5, 5.41) is 0. The van der Waals surface area contributed by atoms with Crippen LogP contribution < -0.4 is 0 Å². The molecule has 0 aromatic heterocycles. The van der Waals surface area contributed by atoms with Gasteiger partial charge in [0.05, 0.1) is 6.04 Å². The molecule has 0 bridgehead atoms. The first kappa shape index (κ1) is 10.9. The third-order valence-electron chi connectivity index (χ3n) is 2.75. The second-order valence-corrected chi connectivity index (χ2v) is 3.97. The SMILES string of the molecule is CC(C)N1CCN(C)C(C(F)F)C1. The third-order valence-corrected chi connectivity index (χ3v) is 2.75. The van der Waals surface area contributed by atoms with Crippen LogP contribution >= 0.6 is 0 Å². The van der Waals surface area contributed by atoms with Crippen LogP contribution in [-0.4, -0.2) is 55.0 Å². The predicted octanol–water partition coefficient (Wildman–Crippen LogP) is 1.28. The van der Waals surface area contributed by atoms with E-state index in [1.165, 1.54) is 0 Å². The number of nitrogens with zero attached hydrogens (tertiary/aromatic N) is 2. The number of alkyl halides is 2. The number of rotatable bonds is 2. The van der Waals surface area contributed by atoms with Crippen LogP contribution in [-0.2, 0) is 0 Å². The van der Waals surface area contributed by atoms with Gasteiger partial charge >= 0.3 is 0 Å². The Balaban J connectivity index is 2.53. The molecule has 0 amide bonds. The number of hydrogen-bond acceptors (Lipinski definition) is 2. The maximum atomic E-state index is 12.5. The Morgan fingerprint density at radius 2 is 1.85 bits per heavy atom. The number of piperazine rings is 1. The van der Waals surface area contributed by atoms with Gasteiger partial charge in [0.15, 0.2) is 0 Å². The zero-order valence-electron chi connectivity index (χ0n) is 8.50. The zero-order valence-corrected chi connectivity index (χ0v) is 8.50. The van der Waals surface area contributed by atoms with E-state index in [2.05, 4.69) is 4.90 Å². The van der Waals surface area contributed by atoms with Gasteiger partial charge in [-0.1, -0.05) is 0 Å². The van der Waals surface area contributed by atoms with Gasteiger partial charge in [-0.25, -0.2) is 8.78 Å². The molecule has 0 saturated carbocycles. The second-order valence-electron chi connectivity index (χ2n) is 3.97. The summed E-state index contributed by atoms with van der Waals surface area (Å²) >= 11 is 0. The summed E-state index contributed by atoms with van der Waals surface area (Å²) in [5.74, 6) is 0. The van der Waals surface area contributed by atoms with E-state index >= 15 is 0 Å². The minimum atomic E-state index is -2.23. The highest BCUT2D eigenvalue weighted by molar-refractivity contribution is 4.83. The lowest BCUT2D eigenvalue weighted by Gasteiger charge is -2.40. The van der Waals surface area contributed by atoms with Gasteiger partial charge in [-0.3, -0.25) is 9.80 Å². The van der Waals surface area contributed by atoms with Crippen molar-refractivity contribution in [3.8, 4) is 0 Å². The van der Waals surface area contributed by atoms with Gasteiger partial charge in [0.2, 0.25) is 0 Å². The molecule has 1 unspecified atom stereocenters. The summed E-state index contributed by atoms with van der Waals surface area (Å²) in [6.07, 6.45) is -2.23. The maximum absolute atomic E-state index is 12.5. The fourth-order valence-corrected chi connectivity index (χ4v) is 1.66. The largest absolute Gasteiger partial charge is 0.298 e. The van der Waals surface area contributed by atoms with Crippen molar-refractivity contribution in [2.75, 3.05) is 26.7 Å². The molecule has 0 N–H and O–H groups in total. The first-order valence-corrected chi connectivity index (χ1v) is 4.75. The molecule has 0 aliphatic carbocycles. The molecule has 1 heterocycles. The van der Waals surface area contributed by atoms with Gasteiger partial charge in [0.25, 0.3) is 6.43 Å². The number of hydrogen-bond donors (Lipinski definition) is 0. The molecule has 0 spiro atoms. The van der Waals surface area contributed by atoms with Crippen LogP contribution in [0.2, 0.25) is 0 Å². The molecule has 2 nitrogen and oxygen atoms in total. The van der Waals surface area contributed by atoms with E-state index in [0.717, 1.165) is 13.1 Å². The predicted molar refractivity (Wildman–Crippen MR) is 49.1 cm³/mol. The van der Waals surface area contributed by atoms with Crippen LogP contribution in [0.5, 0.6) is 0 Å².